The molecule has 1 heterocycles. The SMILES string of the molecule is CCOC(=O)c1cnc(SCCCOCCOC)nc1N. The van der Waals surface area contributed by atoms with Crippen molar-refractivity contribution in [3.05, 3.63) is 11.8 Å². The number of carbonyl (C=O) groups excluding carboxylic acids is 1. The number of nitrogens with zero attached hydrogens (tertiary/aromatic N) is 2. The lowest BCUT2D eigenvalue weighted by atomic mass is 10.3. The zero-order valence-corrected chi connectivity index (χ0v) is 13.1. The number of aromatic nitrogens is 2. The zero-order valence-electron chi connectivity index (χ0n) is 12.3. The topological polar surface area (TPSA) is 96.6 Å². The molecule has 0 aliphatic heterocycles. The number of nitrogen functional groups attached to an aromatic ring is 1. The van der Waals surface area contributed by atoms with Gasteiger partial charge < -0.3 is 19.9 Å². The second-order valence-electron chi connectivity index (χ2n) is 3.98. The van der Waals surface area contributed by atoms with Crippen LogP contribution in [0, 0.1) is 0 Å². The van der Waals surface area contributed by atoms with Crippen LogP contribution in [-0.2, 0) is 14.2 Å². The van der Waals surface area contributed by atoms with E-state index in [4.69, 9.17) is 19.9 Å². The predicted molar refractivity (Wildman–Crippen MR) is 80.4 cm³/mol. The largest absolute Gasteiger partial charge is 0.462 e. The van der Waals surface area contributed by atoms with E-state index in [2.05, 4.69) is 9.97 Å². The van der Waals surface area contributed by atoms with Crippen LogP contribution in [0.1, 0.15) is 23.7 Å². The average Bonchev–Trinajstić information content (AvgIpc) is 2.46. The summed E-state index contributed by atoms with van der Waals surface area (Å²) in [6.45, 7) is 3.87. The molecule has 0 spiro atoms. The molecule has 118 valence electrons. The molecule has 0 aromatic carbocycles. The van der Waals surface area contributed by atoms with Crippen LogP contribution in [0.4, 0.5) is 5.82 Å². The molecule has 8 heteroatoms. The lowest BCUT2D eigenvalue weighted by Crippen LogP contribution is -2.10. The van der Waals surface area contributed by atoms with Gasteiger partial charge in [0, 0.05) is 25.7 Å². The quantitative estimate of drug-likeness (QED) is 0.299. The minimum absolute atomic E-state index is 0.141. The van der Waals surface area contributed by atoms with Crippen LogP contribution in [-0.4, -0.2) is 55.2 Å². The summed E-state index contributed by atoms with van der Waals surface area (Å²) in [4.78, 5) is 19.7. The Morgan fingerprint density at radius 2 is 2.19 bits per heavy atom. The van der Waals surface area contributed by atoms with Gasteiger partial charge in [0.05, 0.1) is 19.8 Å². The van der Waals surface area contributed by atoms with Crippen molar-refractivity contribution >= 4 is 23.5 Å². The second-order valence-corrected chi connectivity index (χ2v) is 5.04. The number of nitrogens with two attached hydrogens (primary N) is 1. The molecule has 1 rings (SSSR count). The summed E-state index contributed by atoms with van der Waals surface area (Å²) in [5.74, 6) is 0.450. The van der Waals surface area contributed by atoms with Crippen molar-refractivity contribution in [1.82, 2.24) is 9.97 Å². The Balaban J connectivity index is 2.33. The van der Waals surface area contributed by atoms with Gasteiger partial charge in [-0.05, 0) is 13.3 Å². The molecule has 0 bridgehead atoms. The molecule has 0 aliphatic rings. The first kappa shape index (κ1) is 17.7. The number of esters is 1. The van der Waals surface area contributed by atoms with E-state index in [-0.39, 0.29) is 18.0 Å². The zero-order chi connectivity index (χ0) is 15.5. The molecule has 7 nitrogen and oxygen atoms in total. The Bertz CT molecular complexity index is 445. The van der Waals surface area contributed by atoms with Crippen LogP contribution in [0.5, 0.6) is 0 Å². The van der Waals surface area contributed by atoms with Gasteiger partial charge in [0.15, 0.2) is 5.16 Å². The van der Waals surface area contributed by atoms with E-state index in [1.807, 2.05) is 0 Å². The fraction of sp³-hybridized carbons (Fsp3) is 0.615. The van der Waals surface area contributed by atoms with Gasteiger partial charge in [0.2, 0.25) is 0 Å². The highest BCUT2D eigenvalue weighted by molar-refractivity contribution is 7.99. The molecular weight excluding hydrogens is 294 g/mol. The Kier molecular flexibility index (Phi) is 8.72. The highest BCUT2D eigenvalue weighted by Gasteiger charge is 2.13. The summed E-state index contributed by atoms with van der Waals surface area (Å²) in [5, 5.41) is 0.539. The van der Waals surface area contributed by atoms with Gasteiger partial charge >= 0.3 is 5.97 Å². The van der Waals surface area contributed by atoms with E-state index in [9.17, 15) is 4.79 Å². The Morgan fingerprint density at radius 3 is 2.86 bits per heavy atom. The summed E-state index contributed by atoms with van der Waals surface area (Å²) >= 11 is 1.47. The third-order valence-electron chi connectivity index (χ3n) is 2.39. The van der Waals surface area contributed by atoms with Crippen molar-refractivity contribution in [2.24, 2.45) is 0 Å². The molecule has 0 amide bonds. The maximum Gasteiger partial charge on any atom is 0.343 e. The Morgan fingerprint density at radius 1 is 1.38 bits per heavy atom. The van der Waals surface area contributed by atoms with Gasteiger partial charge in [-0.25, -0.2) is 14.8 Å². The lowest BCUT2D eigenvalue weighted by molar-refractivity contribution is 0.0526. The third-order valence-corrected chi connectivity index (χ3v) is 3.34. The molecule has 0 aliphatic carbocycles. The Labute approximate surface area is 128 Å². The van der Waals surface area contributed by atoms with Crippen LogP contribution < -0.4 is 5.73 Å². The predicted octanol–water partition coefficient (Wildman–Crippen LogP) is 1.38. The number of anilines is 1. The molecular formula is C13H21N3O4S. The fourth-order valence-corrected chi connectivity index (χ4v) is 2.12. The summed E-state index contributed by atoms with van der Waals surface area (Å²) in [6, 6.07) is 0. The van der Waals surface area contributed by atoms with Crippen molar-refractivity contribution in [1.29, 1.82) is 0 Å². The van der Waals surface area contributed by atoms with E-state index >= 15 is 0 Å². The first-order valence-corrected chi connectivity index (χ1v) is 7.66. The molecule has 1 aromatic heterocycles. The van der Waals surface area contributed by atoms with Crippen molar-refractivity contribution in [3.63, 3.8) is 0 Å². The van der Waals surface area contributed by atoms with Gasteiger partial charge in [-0.2, -0.15) is 0 Å². The number of thioether (sulfide) groups is 1. The van der Waals surface area contributed by atoms with Crippen molar-refractivity contribution < 1.29 is 19.0 Å². The van der Waals surface area contributed by atoms with E-state index in [0.717, 1.165) is 12.2 Å². The molecule has 21 heavy (non-hydrogen) atoms. The van der Waals surface area contributed by atoms with Crippen LogP contribution >= 0.6 is 11.8 Å². The van der Waals surface area contributed by atoms with Gasteiger partial charge in [-0.1, -0.05) is 11.8 Å². The van der Waals surface area contributed by atoms with Crippen molar-refractivity contribution in [3.8, 4) is 0 Å². The first-order valence-electron chi connectivity index (χ1n) is 6.68. The third kappa shape index (κ3) is 6.74. The molecule has 0 atom stereocenters. The summed E-state index contributed by atoms with van der Waals surface area (Å²) in [7, 11) is 1.64. The minimum atomic E-state index is -0.502. The smallest absolute Gasteiger partial charge is 0.343 e. The molecule has 0 fully saturated rings. The normalized spacial score (nSPS) is 10.6. The van der Waals surface area contributed by atoms with Gasteiger partial charge in [0.25, 0.3) is 0 Å². The Hall–Kier alpha value is -1.38. The van der Waals surface area contributed by atoms with Crippen LogP contribution in [0.2, 0.25) is 0 Å². The van der Waals surface area contributed by atoms with Gasteiger partial charge in [-0.3, -0.25) is 0 Å². The van der Waals surface area contributed by atoms with E-state index < -0.39 is 5.97 Å². The highest BCUT2D eigenvalue weighted by Crippen LogP contribution is 2.17. The highest BCUT2D eigenvalue weighted by atomic mass is 32.2. The number of carbonyl (C=O) groups is 1. The number of rotatable bonds is 10. The standard InChI is InChI=1S/C13H21N3O4S/c1-3-20-12(17)10-9-15-13(16-11(10)14)21-8-4-5-19-7-6-18-2/h9H,3-8H2,1-2H3,(H2,14,15,16). The lowest BCUT2D eigenvalue weighted by Gasteiger charge is -2.06. The number of ether oxygens (including phenoxy) is 3. The molecule has 2 N–H and O–H groups in total. The minimum Gasteiger partial charge on any atom is -0.462 e. The van der Waals surface area contributed by atoms with E-state index in [1.165, 1.54) is 18.0 Å². The van der Waals surface area contributed by atoms with E-state index in [0.29, 0.717) is 25.0 Å². The molecule has 0 saturated heterocycles. The summed E-state index contributed by atoms with van der Waals surface area (Å²) in [6.07, 6.45) is 2.27. The van der Waals surface area contributed by atoms with Crippen LogP contribution in [0.25, 0.3) is 0 Å². The van der Waals surface area contributed by atoms with Crippen molar-refractivity contribution in [2.45, 2.75) is 18.5 Å². The molecule has 0 unspecified atom stereocenters. The van der Waals surface area contributed by atoms with Crippen LogP contribution in [0.15, 0.2) is 11.4 Å². The maximum absolute atomic E-state index is 11.5. The number of methoxy groups -OCH3 is 1. The number of hydrogen-bond acceptors (Lipinski definition) is 8. The van der Waals surface area contributed by atoms with Crippen molar-refractivity contribution in [2.75, 3.05) is 45.0 Å². The van der Waals surface area contributed by atoms with Gasteiger partial charge in [0.1, 0.15) is 11.4 Å². The summed E-state index contributed by atoms with van der Waals surface area (Å²) < 4.78 is 15.1. The molecule has 0 saturated carbocycles. The van der Waals surface area contributed by atoms with Gasteiger partial charge in [-0.15, -0.1) is 0 Å². The monoisotopic (exact) mass is 315 g/mol. The average molecular weight is 315 g/mol. The molecule has 1 aromatic rings. The fourth-order valence-electron chi connectivity index (χ4n) is 1.38. The van der Waals surface area contributed by atoms with E-state index in [1.54, 1.807) is 14.0 Å². The van der Waals surface area contributed by atoms with Crippen LogP contribution in [0.3, 0.4) is 0 Å². The summed E-state index contributed by atoms with van der Waals surface area (Å²) in [5.41, 5.74) is 5.93. The number of hydrogen-bond donors (Lipinski definition) is 1. The maximum atomic E-state index is 11.5. The second kappa shape index (κ2) is 10.4. The molecule has 0 radical (unpaired) electrons. The first-order chi connectivity index (χ1) is 10.2.